The number of hydrogen-bond acceptors (Lipinski definition) is 6. The third kappa shape index (κ3) is 6.06. The number of ether oxygens (including phenoxy) is 1. The van der Waals surface area contributed by atoms with Crippen molar-refractivity contribution in [3.8, 4) is 5.75 Å². The average Bonchev–Trinajstić information content (AvgIpc) is 2.76. The van der Waals surface area contributed by atoms with Crippen LogP contribution in [0.2, 0.25) is 0 Å². The fourth-order valence-electron chi connectivity index (χ4n) is 3.58. The third-order valence-corrected chi connectivity index (χ3v) is 6.11. The molecule has 0 saturated carbocycles. The van der Waals surface area contributed by atoms with E-state index in [0.717, 1.165) is 50.4 Å². The van der Waals surface area contributed by atoms with E-state index in [2.05, 4.69) is 33.7 Å². The largest absolute Gasteiger partial charge is 0.492 e. The van der Waals surface area contributed by atoms with Gasteiger partial charge < -0.3 is 9.64 Å². The van der Waals surface area contributed by atoms with Gasteiger partial charge in [-0.05, 0) is 49.8 Å². The van der Waals surface area contributed by atoms with Crippen molar-refractivity contribution in [3.05, 3.63) is 47.5 Å². The molecule has 2 aromatic rings. The van der Waals surface area contributed by atoms with E-state index in [4.69, 9.17) is 4.74 Å². The monoisotopic (exact) mass is 418 g/mol. The predicted molar refractivity (Wildman–Crippen MR) is 118 cm³/mol. The molecule has 1 aliphatic rings. The van der Waals surface area contributed by atoms with Crippen molar-refractivity contribution in [1.29, 1.82) is 0 Å². The molecule has 1 saturated heterocycles. The molecule has 2 heterocycles. The van der Waals surface area contributed by atoms with Crippen LogP contribution in [0.25, 0.3) is 0 Å². The maximum atomic E-state index is 14.0. The molecule has 3 rings (SSSR count). The summed E-state index contributed by atoms with van der Waals surface area (Å²) in [4.78, 5) is 13.6. The summed E-state index contributed by atoms with van der Waals surface area (Å²) in [6.07, 6.45) is 8.94. The molecule has 1 fully saturated rings. The van der Waals surface area contributed by atoms with Gasteiger partial charge in [-0.25, -0.2) is 14.4 Å². The van der Waals surface area contributed by atoms with Crippen molar-refractivity contribution in [1.82, 2.24) is 14.9 Å². The van der Waals surface area contributed by atoms with Crippen LogP contribution < -0.4 is 9.64 Å². The maximum Gasteiger partial charge on any atom is 0.225 e. The Labute approximate surface area is 177 Å². The quantitative estimate of drug-likeness (QED) is 0.613. The number of halogens is 1. The zero-order valence-electron chi connectivity index (χ0n) is 17.6. The first-order valence-electron chi connectivity index (χ1n) is 10.3. The van der Waals surface area contributed by atoms with Gasteiger partial charge in [-0.1, -0.05) is 13.0 Å². The SMILES string of the molecule is CCc1cnc(N2CCC(N(C)CCOc3ccc(CSC)c(F)c3)CC2)nc1. The van der Waals surface area contributed by atoms with Crippen molar-refractivity contribution < 1.29 is 9.13 Å². The second kappa shape index (κ2) is 10.8. The smallest absolute Gasteiger partial charge is 0.225 e. The number of hydrogen-bond donors (Lipinski definition) is 0. The number of anilines is 1. The summed E-state index contributed by atoms with van der Waals surface area (Å²) in [5.74, 6) is 1.93. The van der Waals surface area contributed by atoms with Gasteiger partial charge in [0.1, 0.15) is 18.2 Å². The van der Waals surface area contributed by atoms with Gasteiger partial charge in [-0.3, -0.25) is 4.90 Å². The molecule has 7 heteroatoms. The van der Waals surface area contributed by atoms with Crippen LogP contribution in [0, 0.1) is 5.82 Å². The Kier molecular flexibility index (Phi) is 8.12. The van der Waals surface area contributed by atoms with E-state index < -0.39 is 0 Å². The molecule has 0 N–H and O–H groups in total. The Morgan fingerprint density at radius 1 is 1.24 bits per heavy atom. The van der Waals surface area contributed by atoms with Gasteiger partial charge in [0.05, 0.1) is 0 Å². The molecular weight excluding hydrogens is 387 g/mol. The number of nitrogens with zero attached hydrogens (tertiary/aromatic N) is 4. The molecule has 1 aromatic heterocycles. The maximum absolute atomic E-state index is 14.0. The Morgan fingerprint density at radius 3 is 2.59 bits per heavy atom. The van der Waals surface area contributed by atoms with Gasteiger partial charge in [-0.2, -0.15) is 11.8 Å². The van der Waals surface area contributed by atoms with Crippen LogP contribution >= 0.6 is 11.8 Å². The van der Waals surface area contributed by atoms with E-state index >= 15 is 0 Å². The molecule has 5 nitrogen and oxygen atoms in total. The zero-order valence-corrected chi connectivity index (χ0v) is 18.4. The second-order valence-electron chi connectivity index (χ2n) is 7.48. The zero-order chi connectivity index (χ0) is 20.6. The molecule has 0 bridgehead atoms. The van der Waals surface area contributed by atoms with E-state index in [9.17, 15) is 4.39 Å². The standard InChI is InChI=1S/C22H31FN4OS/c1-4-17-14-24-22(25-15-17)27-9-7-19(8-10-27)26(2)11-12-28-20-6-5-18(16-29-3)21(23)13-20/h5-6,13-15,19H,4,7-12,16H2,1-3H3. The highest BCUT2D eigenvalue weighted by Crippen LogP contribution is 2.21. The molecule has 0 spiro atoms. The summed E-state index contributed by atoms with van der Waals surface area (Å²) >= 11 is 1.61. The minimum atomic E-state index is -0.188. The Balaban J connectivity index is 1.41. The van der Waals surface area contributed by atoms with Gasteiger partial charge in [0, 0.05) is 49.9 Å². The van der Waals surface area contributed by atoms with Crippen LogP contribution in [0.1, 0.15) is 30.9 Å². The van der Waals surface area contributed by atoms with Crippen molar-refractivity contribution in [2.45, 2.75) is 38.0 Å². The van der Waals surface area contributed by atoms with E-state index in [0.29, 0.717) is 24.2 Å². The number of benzene rings is 1. The number of rotatable bonds is 9. The summed E-state index contributed by atoms with van der Waals surface area (Å²) in [7, 11) is 2.14. The molecular formula is C22H31FN4OS. The van der Waals surface area contributed by atoms with Crippen molar-refractivity contribution in [3.63, 3.8) is 0 Å². The number of likely N-dealkylation sites (N-methyl/N-ethyl adjacent to an activating group) is 1. The number of thioether (sulfide) groups is 1. The highest BCUT2D eigenvalue weighted by atomic mass is 32.2. The lowest BCUT2D eigenvalue weighted by atomic mass is 10.0. The molecule has 0 aliphatic carbocycles. The minimum Gasteiger partial charge on any atom is -0.492 e. The van der Waals surface area contributed by atoms with Crippen LogP contribution in [-0.4, -0.2) is 60.5 Å². The summed E-state index contributed by atoms with van der Waals surface area (Å²) in [6.45, 7) is 5.41. The molecule has 29 heavy (non-hydrogen) atoms. The minimum absolute atomic E-state index is 0.188. The first kappa shape index (κ1) is 21.8. The average molecular weight is 419 g/mol. The lowest BCUT2D eigenvalue weighted by molar-refractivity contribution is 0.170. The Morgan fingerprint density at radius 2 is 1.97 bits per heavy atom. The van der Waals surface area contributed by atoms with Crippen molar-refractivity contribution >= 4 is 17.7 Å². The van der Waals surface area contributed by atoms with Gasteiger partial charge in [0.2, 0.25) is 5.95 Å². The Bertz CT molecular complexity index is 766. The summed E-state index contributed by atoms with van der Waals surface area (Å²) < 4.78 is 19.8. The topological polar surface area (TPSA) is 41.5 Å². The van der Waals surface area contributed by atoms with E-state index in [1.165, 1.54) is 11.6 Å². The van der Waals surface area contributed by atoms with Crippen LogP contribution in [-0.2, 0) is 12.2 Å². The summed E-state index contributed by atoms with van der Waals surface area (Å²) in [5, 5.41) is 0. The molecule has 0 radical (unpaired) electrons. The van der Waals surface area contributed by atoms with Crippen LogP contribution in [0.4, 0.5) is 10.3 Å². The van der Waals surface area contributed by atoms with Crippen LogP contribution in [0.3, 0.4) is 0 Å². The number of aromatic nitrogens is 2. The molecule has 1 aromatic carbocycles. The Hall–Kier alpha value is -1.86. The molecule has 158 valence electrons. The van der Waals surface area contributed by atoms with Gasteiger partial charge in [0.15, 0.2) is 0 Å². The van der Waals surface area contributed by atoms with E-state index in [1.54, 1.807) is 11.8 Å². The molecule has 0 amide bonds. The lowest BCUT2D eigenvalue weighted by Gasteiger charge is -2.36. The number of piperidine rings is 1. The van der Waals surface area contributed by atoms with Crippen LogP contribution in [0.5, 0.6) is 5.75 Å². The van der Waals surface area contributed by atoms with Gasteiger partial charge in [-0.15, -0.1) is 0 Å². The first-order valence-corrected chi connectivity index (χ1v) is 11.7. The van der Waals surface area contributed by atoms with Crippen molar-refractivity contribution in [2.75, 3.05) is 44.4 Å². The molecule has 1 aliphatic heterocycles. The van der Waals surface area contributed by atoms with Crippen molar-refractivity contribution in [2.24, 2.45) is 0 Å². The highest BCUT2D eigenvalue weighted by molar-refractivity contribution is 7.97. The fraction of sp³-hybridized carbons (Fsp3) is 0.545. The highest BCUT2D eigenvalue weighted by Gasteiger charge is 2.23. The lowest BCUT2D eigenvalue weighted by Crippen LogP contribution is -2.45. The molecule has 0 atom stereocenters. The summed E-state index contributed by atoms with van der Waals surface area (Å²) in [5.41, 5.74) is 1.89. The second-order valence-corrected chi connectivity index (χ2v) is 8.34. The summed E-state index contributed by atoms with van der Waals surface area (Å²) in [6, 6.07) is 5.69. The van der Waals surface area contributed by atoms with Crippen LogP contribution in [0.15, 0.2) is 30.6 Å². The van der Waals surface area contributed by atoms with E-state index in [-0.39, 0.29) is 5.82 Å². The number of aryl methyl sites for hydroxylation is 1. The van der Waals surface area contributed by atoms with E-state index in [1.807, 2.05) is 30.8 Å². The predicted octanol–water partition coefficient (Wildman–Crippen LogP) is 4.02. The third-order valence-electron chi connectivity index (χ3n) is 5.51. The molecule has 0 unspecified atom stereocenters. The van der Waals surface area contributed by atoms with Gasteiger partial charge >= 0.3 is 0 Å². The normalized spacial score (nSPS) is 15.1. The first-order chi connectivity index (χ1) is 14.1. The van der Waals surface area contributed by atoms with Gasteiger partial charge in [0.25, 0.3) is 0 Å². The fourth-order valence-corrected chi connectivity index (χ4v) is 4.13.